The van der Waals surface area contributed by atoms with Gasteiger partial charge in [0.2, 0.25) is 5.95 Å². The van der Waals surface area contributed by atoms with Crippen LogP contribution >= 0.6 is 0 Å². The van der Waals surface area contributed by atoms with Gasteiger partial charge in [0.1, 0.15) is 11.3 Å². The van der Waals surface area contributed by atoms with Crippen LogP contribution in [0.15, 0.2) is 48.5 Å². The molecule has 3 rings (SSSR count). The first-order valence-corrected chi connectivity index (χ1v) is 6.76. The molecule has 4 heteroatoms. The number of hydrogen-bond donors (Lipinski definition) is 1. The lowest BCUT2D eigenvalue weighted by molar-refractivity contribution is 0.320. The molecule has 1 heterocycles. The second kappa shape index (κ2) is 5.25. The van der Waals surface area contributed by atoms with Crippen LogP contribution in [0, 0.1) is 0 Å². The van der Waals surface area contributed by atoms with Gasteiger partial charge in [-0.25, -0.2) is 4.98 Å². The van der Waals surface area contributed by atoms with Crippen LogP contribution in [0.3, 0.4) is 0 Å². The third-order valence-electron chi connectivity index (χ3n) is 3.15. The monoisotopic (exact) mass is 267 g/mol. The highest BCUT2D eigenvalue weighted by molar-refractivity contribution is 5.86. The Kier molecular flexibility index (Phi) is 3.29. The predicted octanol–water partition coefficient (Wildman–Crippen LogP) is 3.40. The summed E-state index contributed by atoms with van der Waals surface area (Å²) in [5.41, 5.74) is 8.85. The largest absolute Gasteiger partial charge is 0.491 e. The van der Waals surface area contributed by atoms with Crippen LogP contribution in [0.1, 0.15) is 13.3 Å². The van der Waals surface area contributed by atoms with Crippen molar-refractivity contribution in [3.63, 3.8) is 0 Å². The van der Waals surface area contributed by atoms with E-state index >= 15 is 0 Å². The first kappa shape index (κ1) is 12.5. The number of nitrogens with two attached hydrogens (primary N) is 1. The van der Waals surface area contributed by atoms with Gasteiger partial charge in [0.25, 0.3) is 0 Å². The fraction of sp³-hybridized carbons (Fsp3) is 0.188. The SMILES string of the molecule is CCCOc1cccc2c1nc(N)n2-c1ccccc1. The highest BCUT2D eigenvalue weighted by atomic mass is 16.5. The number of hydrogen-bond acceptors (Lipinski definition) is 3. The van der Waals surface area contributed by atoms with Gasteiger partial charge in [-0.3, -0.25) is 4.57 Å². The van der Waals surface area contributed by atoms with Gasteiger partial charge in [-0.05, 0) is 30.7 Å². The average Bonchev–Trinajstić information content (AvgIpc) is 2.82. The number of anilines is 1. The standard InChI is InChI=1S/C16H17N3O/c1-2-11-20-14-10-6-9-13-15(14)18-16(17)19(13)12-7-4-3-5-8-12/h3-10H,2,11H2,1H3,(H2,17,18). The number of para-hydroxylation sites is 2. The quantitative estimate of drug-likeness (QED) is 0.788. The second-order valence-corrected chi connectivity index (χ2v) is 4.61. The van der Waals surface area contributed by atoms with Crippen LogP contribution in [0.5, 0.6) is 5.75 Å². The van der Waals surface area contributed by atoms with E-state index in [1.807, 2.05) is 53.1 Å². The van der Waals surface area contributed by atoms with E-state index in [-0.39, 0.29) is 0 Å². The number of aromatic nitrogens is 2. The molecule has 0 fully saturated rings. The van der Waals surface area contributed by atoms with E-state index in [0.29, 0.717) is 12.6 Å². The van der Waals surface area contributed by atoms with Crippen molar-refractivity contribution in [1.82, 2.24) is 9.55 Å². The van der Waals surface area contributed by atoms with Crippen molar-refractivity contribution in [2.24, 2.45) is 0 Å². The fourth-order valence-corrected chi connectivity index (χ4v) is 2.27. The lowest BCUT2D eigenvalue weighted by Gasteiger charge is -2.07. The molecule has 0 saturated carbocycles. The molecule has 1 aromatic heterocycles. The molecule has 2 N–H and O–H groups in total. The molecule has 0 aliphatic carbocycles. The number of nitrogens with zero attached hydrogens (tertiary/aromatic N) is 2. The Morgan fingerprint density at radius 2 is 1.90 bits per heavy atom. The number of nitrogen functional groups attached to an aromatic ring is 1. The van der Waals surface area contributed by atoms with Crippen LogP contribution in [-0.4, -0.2) is 16.2 Å². The number of fused-ring (bicyclic) bond motifs is 1. The molecule has 102 valence electrons. The molecule has 0 radical (unpaired) electrons. The number of benzene rings is 2. The lowest BCUT2D eigenvalue weighted by atomic mass is 10.2. The molecule has 0 saturated heterocycles. The van der Waals surface area contributed by atoms with E-state index in [2.05, 4.69) is 11.9 Å². The van der Waals surface area contributed by atoms with Gasteiger partial charge in [-0.1, -0.05) is 31.2 Å². The maximum atomic E-state index is 6.08. The maximum Gasteiger partial charge on any atom is 0.206 e. The van der Waals surface area contributed by atoms with E-state index in [4.69, 9.17) is 10.5 Å². The Hall–Kier alpha value is -2.49. The van der Waals surface area contributed by atoms with E-state index in [1.165, 1.54) is 0 Å². The summed E-state index contributed by atoms with van der Waals surface area (Å²) in [6.45, 7) is 2.76. The zero-order valence-electron chi connectivity index (χ0n) is 11.4. The van der Waals surface area contributed by atoms with Gasteiger partial charge in [0, 0.05) is 5.69 Å². The third-order valence-corrected chi connectivity index (χ3v) is 3.15. The molecular formula is C16H17N3O. The van der Waals surface area contributed by atoms with Crippen molar-refractivity contribution in [2.45, 2.75) is 13.3 Å². The Balaban J connectivity index is 2.17. The van der Waals surface area contributed by atoms with Crippen molar-refractivity contribution in [2.75, 3.05) is 12.3 Å². The summed E-state index contributed by atoms with van der Waals surface area (Å²) in [5, 5.41) is 0. The number of ether oxygens (including phenoxy) is 1. The van der Waals surface area contributed by atoms with E-state index in [0.717, 1.165) is 28.9 Å². The van der Waals surface area contributed by atoms with Crippen molar-refractivity contribution in [1.29, 1.82) is 0 Å². The summed E-state index contributed by atoms with van der Waals surface area (Å²) in [5.74, 6) is 1.25. The first-order valence-electron chi connectivity index (χ1n) is 6.76. The Morgan fingerprint density at radius 1 is 1.10 bits per heavy atom. The summed E-state index contributed by atoms with van der Waals surface area (Å²) in [4.78, 5) is 4.46. The molecule has 0 unspecified atom stereocenters. The topological polar surface area (TPSA) is 53.1 Å². The smallest absolute Gasteiger partial charge is 0.206 e. The highest BCUT2D eigenvalue weighted by Gasteiger charge is 2.13. The van der Waals surface area contributed by atoms with Gasteiger partial charge in [0.05, 0.1) is 12.1 Å². The van der Waals surface area contributed by atoms with Crippen LogP contribution in [-0.2, 0) is 0 Å². The fourth-order valence-electron chi connectivity index (χ4n) is 2.27. The van der Waals surface area contributed by atoms with Gasteiger partial charge in [-0.15, -0.1) is 0 Å². The lowest BCUT2D eigenvalue weighted by Crippen LogP contribution is -2.00. The Labute approximate surface area is 117 Å². The minimum absolute atomic E-state index is 0.471. The van der Waals surface area contributed by atoms with Crippen LogP contribution in [0.2, 0.25) is 0 Å². The van der Waals surface area contributed by atoms with Crippen molar-refractivity contribution in [3.8, 4) is 11.4 Å². The minimum atomic E-state index is 0.471. The van der Waals surface area contributed by atoms with Crippen molar-refractivity contribution in [3.05, 3.63) is 48.5 Å². The summed E-state index contributed by atoms with van der Waals surface area (Å²) in [6, 6.07) is 15.9. The molecule has 2 aromatic carbocycles. The molecule has 0 spiro atoms. The van der Waals surface area contributed by atoms with Crippen molar-refractivity contribution < 1.29 is 4.74 Å². The molecule has 0 aliphatic rings. The number of rotatable bonds is 4. The van der Waals surface area contributed by atoms with Gasteiger partial charge in [0.15, 0.2) is 0 Å². The van der Waals surface area contributed by atoms with Crippen LogP contribution < -0.4 is 10.5 Å². The van der Waals surface area contributed by atoms with E-state index in [1.54, 1.807) is 0 Å². The summed E-state index contributed by atoms with van der Waals surface area (Å²) >= 11 is 0. The summed E-state index contributed by atoms with van der Waals surface area (Å²) < 4.78 is 7.68. The molecule has 3 aromatic rings. The first-order chi connectivity index (χ1) is 9.81. The van der Waals surface area contributed by atoms with Gasteiger partial charge in [-0.2, -0.15) is 0 Å². The van der Waals surface area contributed by atoms with Crippen molar-refractivity contribution >= 4 is 17.0 Å². The summed E-state index contributed by atoms with van der Waals surface area (Å²) in [6.07, 6.45) is 0.964. The molecular weight excluding hydrogens is 250 g/mol. The second-order valence-electron chi connectivity index (χ2n) is 4.61. The molecule has 0 bridgehead atoms. The molecule has 0 atom stereocenters. The molecule has 0 amide bonds. The zero-order valence-corrected chi connectivity index (χ0v) is 11.4. The minimum Gasteiger partial charge on any atom is -0.491 e. The normalized spacial score (nSPS) is 10.8. The van der Waals surface area contributed by atoms with Crippen LogP contribution in [0.4, 0.5) is 5.95 Å². The summed E-state index contributed by atoms with van der Waals surface area (Å²) in [7, 11) is 0. The highest BCUT2D eigenvalue weighted by Crippen LogP contribution is 2.29. The molecule has 4 nitrogen and oxygen atoms in total. The Bertz CT molecular complexity index is 719. The third kappa shape index (κ3) is 2.09. The average molecular weight is 267 g/mol. The zero-order chi connectivity index (χ0) is 13.9. The predicted molar refractivity (Wildman–Crippen MR) is 81.3 cm³/mol. The van der Waals surface area contributed by atoms with Gasteiger partial charge >= 0.3 is 0 Å². The number of imidazole rings is 1. The molecule has 20 heavy (non-hydrogen) atoms. The van der Waals surface area contributed by atoms with E-state index in [9.17, 15) is 0 Å². The Morgan fingerprint density at radius 3 is 2.65 bits per heavy atom. The van der Waals surface area contributed by atoms with Crippen LogP contribution in [0.25, 0.3) is 16.7 Å². The van der Waals surface area contributed by atoms with E-state index < -0.39 is 0 Å². The van der Waals surface area contributed by atoms with Gasteiger partial charge < -0.3 is 10.5 Å². The maximum absolute atomic E-state index is 6.08. The molecule has 0 aliphatic heterocycles.